The molecule has 1 N–H and O–H groups in total. The molecule has 0 radical (unpaired) electrons. The van der Waals surface area contributed by atoms with Crippen molar-refractivity contribution < 1.29 is 22.3 Å². The highest BCUT2D eigenvalue weighted by Crippen LogP contribution is 2.38. The van der Waals surface area contributed by atoms with Crippen LogP contribution in [0.1, 0.15) is 11.1 Å². The van der Waals surface area contributed by atoms with Crippen molar-refractivity contribution in [1.29, 1.82) is 0 Å². The van der Waals surface area contributed by atoms with Crippen LogP contribution in [0.4, 0.5) is 17.6 Å². The summed E-state index contributed by atoms with van der Waals surface area (Å²) >= 11 is 0. The number of pyridine rings is 1. The topological polar surface area (TPSA) is 34.2 Å². The van der Waals surface area contributed by atoms with Crippen molar-refractivity contribution >= 4 is 0 Å². The molecule has 1 aromatic carbocycles. The minimum absolute atomic E-state index is 0.0672. The van der Waals surface area contributed by atoms with E-state index in [9.17, 15) is 17.6 Å². The van der Waals surface area contributed by atoms with Crippen LogP contribution < -0.4 is 10.1 Å². The molecule has 0 bridgehead atoms. The number of nitrogens with zero attached hydrogens (tertiary/aromatic N) is 1. The van der Waals surface area contributed by atoms with Crippen molar-refractivity contribution in [2.75, 3.05) is 7.05 Å². The number of alkyl halides is 3. The SMILES string of the molecule is CNCc1cc(F)cnc1Oc1ccccc1C(F)(F)F. The Morgan fingerprint density at radius 1 is 1.24 bits per heavy atom. The van der Waals surface area contributed by atoms with E-state index in [4.69, 9.17) is 4.74 Å². The summed E-state index contributed by atoms with van der Waals surface area (Å²) < 4.78 is 57.1. The number of nitrogens with one attached hydrogen (secondary N) is 1. The van der Waals surface area contributed by atoms with Crippen molar-refractivity contribution in [3.05, 3.63) is 53.5 Å². The number of ether oxygens (including phenoxy) is 1. The first-order valence-corrected chi connectivity index (χ1v) is 6.05. The molecular formula is C14H12F4N2O. The van der Waals surface area contributed by atoms with E-state index in [1.807, 2.05) is 0 Å². The first-order valence-electron chi connectivity index (χ1n) is 6.05. The second-order valence-electron chi connectivity index (χ2n) is 4.24. The molecular weight excluding hydrogens is 288 g/mol. The Morgan fingerprint density at radius 2 is 1.95 bits per heavy atom. The van der Waals surface area contributed by atoms with Crippen molar-refractivity contribution in [3.63, 3.8) is 0 Å². The molecule has 2 rings (SSSR count). The average Bonchev–Trinajstić information content (AvgIpc) is 2.41. The van der Waals surface area contributed by atoms with Gasteiger partial charge in [0, 0.05) is 12.1 Å². The molecule has 1 aromatic heterocycles. The fraction of sp³-hybridized carbons (Fsp3) is 0.214. The van der Waals surface area contributed by atoms with E-state index >= 15 is 0 Å². The molecule has 112 valence electrons. The van der Waals surface area contributed by atoms with E-state index in [-0.39, 0.29) is 18.2 Å². The third kappa shape index (κ3) is 3.69. The van der Waals surface area contributed by atoms with Gasteiger partial charge in [-0.05, 0) is 25.2 Å². The lowest BCUT2D eigenvalue weighted by atomic mass is 10.2. The molecule has 0 unspecified atom stereocenters. The minimum Gasteiger partial charge on any atom is -0.438 e. The number of benzene rings is 1. The highest BCUT2D eigenvalue weighted by atomic mass is 19.4. The zero-order valence-electron chi connectivity index (χ0n) is 11.0. The number of hydrogen-bond donors (Lipinski definition) is 1. The smallest absolute Gasteiger partial charge is 0.419 e. The number of para-hydroxylation sites is 1. The van der Waals surface area contributed by atoms with E-state index < -0.39 is 17.6 Å². The fourth-order valence-electron chi connectivity index (χ4n) is 1.77. The van der Waals surface area contributed by atoms with E-state index in [2.05, 4.69) is 10.3 Å². The van der Waals surface area contributed by atoms with E-state index in [0.717, 1.165) is 18.3 Å². The Labute approximate surface area is 118 Å². The van der Waals surface area contributed by atoms with Crippen molar-refractivity contribution in [2.45, 2.75) is 12.7 Å². The molecule has 3 nitrogen and oxygen atoms in total. The maximum absolute atomic E-state index is 13.2. The van der Waals surface area contributed by atoms with E-state index in [0.29, 0.717) is 5.56 Å². The maximum atomic E-state index is 13.2. The Bertz CT molecular complexity index is 629. The molecule has 0 aliphatic rings. The lowest BCUT2D eigenvalue weighted by Gasteiger charge is -2.14. The monoisotopic (exact) mass is 300 g/mol. The highest BCUT2D eigenvalue weighted by Gasteiger charge is 2.34. The van der Waals surface area contributed by atoms with Crippen LogP contribution in [-0.2, 0) is 12.7 Å². The van der Waals surface area contributed by atoms with Crippen molar-refractivity contribution in [2.24, 2.45) is 0 Å². The first-order chi connectivity index (χ1) is 9.91. The number of halogens is 4. The molecule has 0 amide bonds. The lowest BCUT2D eigenvalue weighted by molar-refractivity contribution is -0.138. The molecule has 0 spiro atoms. The predicted octanol–water partition coefficient (Wildman–Crippen LogP) is 3.75. The molecule has 0 saturated carbocycles. The summed E-state index contributed by atoms with van der Waals surface area (Å²) in [6, 6.07) is 5.96. The van der Waals surface area contributed by atoms with Gasteiger partial charge >= 0.3 is 6.18 Å². The Hall–Kier alpha value is -2.15. The zero-order chi connectivity index (χ0) is 15.5. The van der Waals surface area contributed by atoms with Crippen LogP contribution in [0, 0.1) is 5.82 Å². The standard InChI is InChI=1S/C14H12F4N2O/c1-19-7-9-6-10(15)8-20-13(9)21-12-5-3-2-4-11(12)14(16,17)18/h2-6,8,19H,7H2,1H3. The third-order valence-corrected chi connectivity index (χ3v) is 2.66. The fourth-order valence-corrected chi connectivity index (χ4v) is 1.77. The van der Waals surface area contributed by atoms with E-state index in [1.165, 1.54) is 18.2 Å². The second-order valence-corrected chi connectivity index (χ2v) is 4.24. The van der Waals surface area contributed by atoms with Gasteiger partial charge in [-0.3, -0.25) is 0 Å². The predicted molar refractivity (Wildman–Crippen MR) is 68.5 cm³/mol. The Kier molecular flexibility index (Phi) is 4.42. The van der Waals surface area contributed by atoms with Gasteiger partial charge in [-0.25, -0.2) is 9.37 Å². The molecule has 0 saturated heterocycles. The summed E-state index contributed by atoms with van der Waals surface area (Å²) in [5, 5.41) is 2.77. The van der Waals surface area contributed by atoms with E-state index in [1.54, 1.807) is 7.05 Å². The number of hydrogen-bond acceptors (Lipinski definition) is 3. The van der Waals surface area contributed by atoms with Gasteiger partial charge in [-0.2, -0.15) is 13.2 Å². The van der Waals surface area contributed by atoms with Crippen LogP contribution in [0.5, 0.6) is 11.6 Å². The van der Waals surface area contributed by atoms with Gasteiger partial charge in [0.2, 0.25) is 5.88 Å². The van der Waals surface area contributed by atoms with Gasteiger partial charge in [0.05, 0.1) is 11.8 Å². The van der Waals surface area contributed by atoms with Crippen LogP contribution in [0.3, 0.4) is 0 Å². The van der Waals surface area contributed by atoms with Gasteiger partial charge in [0.1, 0.15) is 11.6 Å². The van der Waals surface area contributed by atoms with Gasteiger partial charge in [-0.1, -0.05) is 12.1 Å². The molecule has 0 aliphatic carbocycles. The third-order valence-electron chi connectivity index (χ3n) is 2.66. The normalized spacial score (nSPS) is 11.5. The molecule has 0 atom stereocenters. The van der Waals surface area contributed by atoms with Gasteiger partial charge in [0.25, 0.3) is 0 Å². The minimum atomic E-state index is -4.54. The quantitative estimate of drug-likeness (QED) is 0.873. The highest BCUT2D eigenvalue weighted by molar-refractivity contribution is 5.39. The summed E-state index contributed by atoms with van der Waals surface area (Å²) in [5.41, 5.74) is -0.582. The molecule has 7 heteroatoms. The van der Waals surface area contributed by atoms with Crippen LogP contribution in [0.25, 0.3) is 0 Å². The Balaban J connectivity index is 2.39. The van der Waals surface area contributed by atoms with Gasteiger partial charge in [0.15, 0.2) is 0 Å². The molecule has 1 heterocycles. The number of rotatable bonds is 4. The average molecular weight is 300 g/mol. The molecule has 0 fully saturated rings. The maximum Gasteiger partial charge on any atom is 0.419 e. The summed E-state index contributed by atoms with van der Waals surface area (Å²) in [6.07, 6.45) is -3.65. The van der Waals surface area contributed by atoms with Crippen LogP contribution in [-0.4, -0.2) is 12.0 Å². The van der Waals surface area contributed by atoms with Gasteiger partial charge < -0.3 is 10.1 Å². The molecule has 2 aromatic rings. The summed E-state index contributed by atoms with van der Waals surface area (Å²) in [6.45, 7) is 0.217. The largest absolute Gasteiger partial charge is 0.438 e. The first kappa shape index (κ1) is 15.2. The van der Waals surface area contributed by atoms with Crippen molar-refractivity contribution in [1.82, 2.24) is 10.3 Å². The summed E-state index contributed by atoms with van der Waals surface area (Å²) in [5.74, 6) is -1.03. The van der Waals surface area contributed by atoms with Crippen LogP contribution in [0.2, 0.25) is 0 Å². The summed E-state index contributed by atoms with van der Waals surface area (Å²) in [4.78, 5) is 3.71. The lowest BCUT2D eigenvalue weighted by Crippen LogP contribution is -2.10. The molecule has 21 heavy (non-hydrogen) atoms. The van der Waals surface area contributed by atoms with Crippen LogP contribution >= 0.6 is 0 Å². The van der Waals surface area contributed by atoms with Gasteiger partial charge in [-0.15, -0.1) is 0 Å². The second kappa shape index (κ2) is 6.09. The number of aromatic nitrogens is 1. The zero-order valence-corrected chi connectivity index (χ0v) is 11.0. The summed E-state index contributed by atoms with van der Waals surface area (Å²) in [7, 11) is 1.62. The Morgan fingerprint density at radius 3 is 2.62 bits per heavy atom. The van der Waals surface area contributed by atoms with Crippen LogP contribution in [0.15, 0.2) is 36.5 Å². The van der Waals surface area contributed by atoms with Crippen molar-refractivity contribution in [3.8, 4) is 11.6 Å². The molecule has 0 aliphatic heterocycles.